The van der Waals surface area contributed by atoms with Gasteiger partial charge in [-0.3, -0.25) is 10.1 Å². The summed E-state index contributed by atoms with van der Waals surface area (Å²) in [7, 11) is 0. The molecule has 0 saturated carbocycles. The maximum Gasteiger partial charge on any atom is 0.337 e. The molecule has 0 atom stereocenters. The van der Waals surface area contributed by atoms with Crippen LogP contribution in [0, 0.1) is 16.0 Å². The van der Waals surface area contributed by atoms with Crippen LogP contribution in [0.25, 0.3) is 0 Å². The van der Waals surface area contributed by atoms with Crippen molar-refractivity contribution in [2.45, 2.75) is 13.8 Å². The molecule has 0 aromatic heterocycles. The number of hydrogen-bond donors (Lipinski definition) is 1. The highest BCUT2D eigenvalue weighted by molar-refractivity contribution is 6.33. The summed E-state index contributed by atoms with van der Waals surface area (Å²) in [4.78, 5) is 21.0. The topological polar surface area (TPSA) is 89.7 Å². The maximum atomic E-state index is 10.8. The Labute approximate surface area is 108 Å². The highest BCUT2D eigenvalue weighted by atomic mass is 35.5. The zero-order chi connectivity index (χ0) is 13.9. The molecular formula is C11H12ClNO5. The summed E-state index contributed by atoms with van der Waals surface area (Å²) in [5, 5.41) is 19.6. The van der Waals surface area contributed by atoms with Crippen molar-refractivity contribution in [3.05, 3.63) is 32.8 Å². The molecule has 0 heterocycles. The van der Waals surface area contributed by atoms with Gasteiger partial charge in [0.2, 0.25) is 0 Å². The monoisotopic (exact) mass is 273 g/mol. The molecule has 0 radical (unpaired) electrons. The molecule has 0 aliphatic rings. The molecule has 1 aromatic rings. The van der Waals surface area contributed by atoms with Crippen LogP contribution in [0.3, 0.4) is 0 Å². The Morgan fingerprint density at radius 2 is 2.17 bits per heavy atom. The smallest absolute Gasteiger partial charge is 0.337 e. The lowest BCUT2D eigenvalue weighted by Crippen LogP contribution is -2.07. The van der Waals surface area contributed by atoms with E-state index in [0.717, 1.165) is 12.1 Å². The quantitative estimate of drug-likeness (QED) is 0.658. The third kappa shape index (κ3) is 3.33. The minimum Gasteiger partial charge on any atom is -0.487 e. The predicted octanol–water partition coefficient (Wildman–Crippen LogP) is 2.98. The first-order chi connectivity index (χ1) is 8.32. The fourth-order valence-electron chi connectivity index (χ4n) is 1.22. The Hall–Kier alpha value is -1.82. The van der Waals surface area contributed by atoms with E-state index in [1.807, 2.05) is 13.8 Å². The van der Waals surface area contributed by atoms with Gasteiger partial charge in [0, 0.05) is 12.1 Å². The van der Waals surface area contributed by atoms with Gasteiger partial charge in [-0.05, 0) is 5.92 Å². The Morgan fingerprint density at radius 1 is 1.56 bits per heavy atom. The number of halogens is 1. The lowest BCUT2D eigenvalue weighted by atomic mass is 10.2. The highest BCUT2D eigenvalue weighted by Gasteiger charge is 2.22. The Morgan fingerprint density at radius 3 is 2.61 bits per heavy atom. The molecule has 0 unspecified atom stereocenters. The summed E-state index contributed by atoms with van der Waals surface area (Å²) in [6, 6.07) is 2.06. The summed E-state index contributed by atoms with van der Waals surface area (Å²) in [6.45, 7) is 4.06. The molecule has 1 rings (SSSR count). The van der Waals surface area contributed by atoms with Crippen LogP contribution in [-0.4, -0.2) is 22.6 Å². The number of ether oxygens (including phenoxy) is 1. The first-order valence-corrected chi connectivity index (χ1v) is 5.54. The normalized spacial score (nSPS) is 10.4. The van der Waals surface area contributed by atoms with Crippen LogP contribution in [-0.2, 0) is 0 Å². The van der Waals surface area contributed by atoms with E-state index in [9.17, 15) is 14.9 Å². The minimum absolute atomic E-state index is 0.0244. The SMILES string of the molecule is CC(C)COc1cc(Cl)c(C(=O)O)cc1[N+](=O)[O-]. The largest absolute Gasteiger partial charge is 0.487 e. The lowest BCUT2D eigenvalue weighted by molar-refractivity contribution is -0.385. The number of carbonyl (C=O) groups is 1. The summed E-state index contributed by atoms with van der Waals surface area (Å²) in [6.07, 6.45) is 0. The first-order valence-electron chi connectivity index (χ1n) is 5.17. The third-order valence-electron chi connectivity index (χ3n) is 2.05. The van der Waals surface area contributed by atoms with E-state index in [4.69, 9.17) is 21.4 Å². The molecule has 98 valence electrons. The number of nitro benzene ring substituents is 1. The first kappa shape index (κ1) is 14.2. The van der Waals surface area contributed by atoms with Gasteiger partial charge in [-0.1, -0.05) is 25.4 Å². The molecule has 7 heteroatoms. The molecule has 6 nitrogen and oxygen atoms in total. The predicted molar refractivity (Wildman–Crippen MR) is 65.4 cm³/mol. The number of hydrogen-bond acceptors (Lipinski definition) is 4. The summed E-state index contributed by atoms with van der Waals surface area (Å²) in [5.41, 5.74) is -0.724. The van der Waals surface area contributed by atoms with E-state index in [1.54, 1.807) is 0 Å². The van der Waals surface area contributed by atoms with Crippen LogP contribution >= 0.6 is 11.6 Å². The number of rotatable bonds is 5. The van der Waals surface area contributed by atoms with Gasteiger partial charge in [-0.15, -0.1) is 0 Å². The standard InChI is InChI=1S/C11H12ClNO5/c1-6(2)5-18-10-4-8(12)7(11(14)15)3-9(10)13(16)17/h3-4,6H,5H2,1-2H3,(H,14,15). The van der Waals surface area contributed by atoms with Crippen LogP contribution in [0.15, 0.2) is 12.1 Å². The maximum absolute atomic E-state index is 10.8. The van der Waals surface area contributed by atoms with Crippen LogP contribution in [0.4, 0.5) is 5.69 Å². The van der Waals surface area contributed by atoms with Crippen LogP contribution in [0.2, 0.25) is 5.02 Å². The van der Waals surface area contributed by atoms with Crippen LogP contribution < -0.4 is 4.74 Å². The van der Waals surface area contributed by atoms with Crippen molar-refractivity contribution in [2.75, 3.05) is 6.61 Å². The molecule has 0 aliphatic carbocycles. The Kier molecular flexibility index (Phi) is 4.49. The van der Waals surface area contributed by atoms with Crippen molar-refractivity contribution in [1.29, 1.82) is 0 Å². The molecule has 1 aromatic carbocycles. The van der Waals surface area contributed by atoms with Crippen molar-refractivity contribution in [2.24, 2.45) is 5.92 Å². The number of carboxylic acid groups (broad SMARTS) is 1. The van der Waals surface area contributed by atoms with Gasteiger partial charge in [-0.2, -0.15) is 0 Å². The van der Waals surface area contributed by atoms with E-state index in [-0.39, 0.29) is 28.9 Å². The minimum atomic E-state index is -1.32. The van der Waals surface area contributed by atoms with Crippen molar-refractivity contribution in [1.82, 2.24) is 0 Å². The highest BCUT2D eigenvalue weighted by Crippen LogP contribution is 2.33. The summed E-state index contributed by atoms with van der Waals surface area (Å²) >= 11 is 5.73. The van der Waals surface area contributed by atoms with Gasteiger partial charge < -0.3 is 9.84 Å². The second-order valence-electron chi connectivity index (χ2n) is 4.07. The van der Waals surface area contributed by atoms with E-state index in [1.165, 1.54) is 0 Å². The fourth-order valence-corrected chi connectivity index (χ4v) is 1.46. The van der Waals surface area contributed by atoms with Crippen molar-refractivity contribution >= 4 is 23.3 Å². The average molecular weight is 274 g/mol. The van der Waals surface area contributed by atoms with Gasteiger partial charge in [0.1, 0.15) is 0 Å². The summed E-state index contributed by atoms with van der Waals surface area (Å²) < 4.78 is 5.26. The molecule has 0 bridgehead atoms. The fraction of sp³-hybridized carbons (Fsp3) is 0.364. The van der Waals surface area contributed by atoms with Gasteiger partial charge in [-0.25, -0.2) is 4.79 Å². The number of aromatic carboxylic acids is 1. The second kappa shape index (κ2) is 5.68. The van der Waals surface area contributed by atoms with Crippen LogP contribution in [0.5, 0.6) is 5.75 Å². The molecule has 18 heavy (non-hydrogen) atoms. The zero-order valence-electron chi connectivity index (χ0n) is 9.84. The number of nitro groups is 1. The lowest BCUT2D eigenvalue weighted by Gasteiger charge is -2.10. The molecule has 0 spiro atoms. The molecule has 0 aliphatic heterocycles. The number of carboxylic acids is 1. The van der Waals surface area contributed by atoms with E-state index >= 15 is 0 Å². The zero-order valence-corrected chi connectivity index (χ0v) is 10.6. The molecule has 0 fully saturated rings. The van der Waals surface area contributed by atoms with Crippen LogP contribution in [0.1, 0.15) is 24.2 Å². The Bertz CT molecular complexity index is 487. The second-order valence-corrected chi connectivity index (χ2v) is 4.47. The molecule has 1 N–H and O–H groups in total. The van der Waals surface area contributed by atoms with E-state index in [0.29, 0.717) is 0 Å². The van der Waals surface area contributed by atoms with Gasteiger partial charge >= 0.3 is 11.7 Å². The molecule has 0 amide bonds. The van der Waals surface area contributed by atoms with E-state index < -0.39 is 16.6 Å². The number of benzene rings is 1. The van der Waals surface area contributed by atoms with Gasteiger partial charge in [0.15, 0.2) is 5.75 Å². The summed E-state index contributed by atoms with van der Waals surface area (Å²) in [5.74, 6) is -1.16. The molecule has 0 saturated heterocycles. The van der Waals surface area contributed by atoms with Crippen molar-refractivity contribution < 1.29 is 19.6 Å². The molecular weight excluding hydrogens is 262 g/mol. The van der Waals surface area contributed by atoms with E-state index in [2.05, 4.69) is 0 Å². The van der Waals surface area contributed by atoms with Gasteiger partial charge in [0.25, 0.3) is 0 Å². The van der Waals surface area contributed by atoms with Crippen molar-refractivity contribution in [3.63, 3.8) is 0 Å². The number of nitrogens with zero attached hydrogens (tertiary/aromatic N) is 1. The van der Waals surface area contributed by atoms with Crippen molar-refractivity contribution in [3.8, 4) is 5.75 Å². The third-order valence-corrected chi connectivity index (χ3v) is 2.36. The average Bonchev–Trinajstić information content (AvgIpc) is 2.25. The Balaban J connectivity index is 3.20. The van der Waals surface area contributed by atoms with Gasteiger partial charge in [0.05, 0.1) is 22.1 Å².